The number of carbonyl (C=O) groups is 1. The minimum atomic E-state index is -3.44. The minimum absolute atomic E-state index is 0.129. The number of nitrogens with two attached hydrogens (primary N) is 1. The van der Waals surface area contributed by atoms with E-state index in [-0.39, 0.29) is 18.1 Å². The number of hydrogen-bond donors (Lipinski definition) is 2. The summed E-state index contributed by atoms with van der Waals surface area (Å²) in [5, 5.41) is 14.7. The maximum absolute atomic E-state index is 11.3. The van der Waals surface area contributed by atoms with Crippen molar-refractivity contribution in [2.75, 3.05) is 12.3 Å². The van der Waals surface area contributed by atoms with Gasteiger partial charge in [-0.25, -0.2) is 13.6 Å². The first-order valence-corrected chi connectivity index (χ1v) is 6.80. The van der Waals surface area contributed by atoms with Crippen LogP contribution in [0.2, 0.25) is 0 Å². The molecule has 0 bridgehead atoms. The smallest absolute Gasteiger partial charge is 0.221 e. The molecule has 0 unspecified atom stereocenters. The summed E-state index contributed by atoms with van der Waals surface area (Å²) in [5.74, 6) is -0.286. The molecular weight excluding hydrogens is 246 g/mol. The van der Waals surface area contributed by atoms with Crippen molar-refractivity contribution >= 4 is 15.9 Å². The van der Waals surface area contributed by atoms with Crippen LogP contribution in [-0.2, 0) is 21.4 Å². The third-order valence-electron chi connectivity index (χ3n) is 1.97. The molecule has 1 aromatic rings. The Hall–Kier alpha value is -1.48. The highest BCUT2D eigenvalue weighted by Gasteiger charge is 2.04. The molecule has 0 saturated carbocycles. The van der Waals surface area contributed by atoms with Gasteiger partial charge in [-0.3, -0.25) is 9.48 Å². The van der Waals surface area contributed by atoms with Crippen molar-refractivity contribution in [2.45, 2.75) is 19.4 Å². The van der Waals surface area contributed by atoms with Crippen molar-refractivity contribution in [3.8, 4) is 0 Å². The Bertz CT molecular complexity index is 442. The number of hydrogen-bond acceptors (Lipinski definition) is 5. The Kier molecular flexibility index (Phi) is 5.04. The number of primary sulfonamides is 1. The average Bonchev–Trinajstić information content (AvgIpc) is 2.73. The van der Waals surface area contributed by atoms with E-state index in [9.17, 15) is 13.2 Å². The number of nitrogens with zero attached hydrogens (tertiary/aromatic N) is 3. The Balaban J connectivity index is 2.09. The quantitative estimate of drug-likeness (QED) is 0.576. The van der Waals surface area contributed by atoms with E-state index in [1.807, 2.05) is 0 Å². The molecule has 0 aliphatic carbocycles. The highest BCUT2D eigenvalue weighted by Crippen LogP contribution is 1.89. The van der Waals surface area contributed by atoms with Gasteiger partial charge in [-0.15, -0.1) is 5.10 Å². The molecule has 17 heavy (non-hydrogen) atoms. The third kappa shape index (κ3) is 6.64. The number of aryl methyl sites for hydroxylation is 1. The Morgan fingerprint density at radius 2 is 2.24 bits per heavy atom. The van der Waals surface area contributed by atoms with Crippen molar-refractivity contribution in [2.24, 2.45) is 5.14 Å². The van der Waals surface area contributed by atoms with Gasteiger partial charge in [0.05, 0.1) is 18.5 Å². The first-order valence-electron chi connectivity index (χ1n) is 5.08. The molecule has 3 N–H and O–H groups in total. The van der Waals surface area contributed by atoms with E-state index in [1.165, 1.54) is 6.20 Å². The van der Waals surface area contributed by atoms with Crippen LogP contribution in [0.3, 0.4) is 0 Å². The van der Waals surface area contributed by atoms with E-state index in [2.05, 4.69) is 15.6 Å². The molecule has 0 spiro atoms. The summed E-state index contributed by atoms with van der Waals surface area (Å²) in [6, 6.07) is 0. The molecule has 0 radical (unpaired) electrons. The lowest BCUT2D eigenvalue weighted by Crippen LogP contribution is -2.28. The zero-order valence-corrected chi connectivity index (χ0v) is 10.1. The number of amides is 1. The second-order valence-corrected chi connectivity index (χ2v) is 5.22. The van der Waals surface area contributed by atoms with Gasteiger partial charge >= 0.3 is 0 Å². The normalized spacial score (nSPS) is 11.4. The molecule has 1 heterocycles. The lowest BCUT2D eigenvalue weighted by Gasteiger charge is -2.04. The fourth-order valence-electron chi connectivity index (χ4n) is 1.16. The maximum atomic E-state index is 11.3. The zero-order chi connectivity index (χ0) is 12.7. The van der Waals surface area contributed by atoms with Crippen molar-refractivity contribution < 1.29 is 13.2 Å². The molecule has 8 nitrogen and oxygen atoms in total. The summed E-state index contributed by atoms with van der Waals surface area (Å²) < 4.78 is 22.8. The van der Waals surface area contributed by atoms with Gasteiger partial charge in [0.15, 0.2) is 0 Å². The second-order valence-electron chi connectivity index (χ2n) is 3.49. The molecule has 0 atom stereocenters. The summed E-state index contributed by atoms with van der Waals surface area (Å²) >= 11 is 0. The first-order chi connectivity index (χ1) is 7.97. The van der Waals surface area contributed by atoms with E-state index in [0.29, 0.717) is 19.5 Å². The van der Waals surface area contributed by atoms with Crippen molar-refractivity contribution in [3.63, 3.8) is 0 Å². The van der Waals surface area contributed by atoms with E-state index in [4.69, 9.17) is 5.14 Å². The predicted molar refractivity (Wildman–Crippen MR) is 60.2 cm³/mol. The van der Waals surface area contributed by atoms with E-state index in [1.54, 1.807) is 10.9 Å². The average molecular weight is 261 g/mol. The number of rotatable bonds is 7. The highest BCUT2D eigenvalue weighted by molar-refractivity contribution is 7.89. The number of nitrogens with one attached hydrogen (secondary N) is 1. The second kappa shape index (κ2) is 6.30. The van der Waals surface area contributed by atoms with Crippen molar-refractivity contribution in [1.82, 2.24) is 20.3 Å². The fourth-order valence-corrected chi connectivity index (χ4v) is 1.70. The van der Waals surface area contributed by atoms with Crippen LogP contribution >= 0.6 is 0 Å². The fraction of sp³-hybridized carbons (Fsp3) is 0.625. The largest absolute Gasteiger partial charge is 0.356 e. The molecule has 0 aliphatic heterocycles. The number of sulfonamides is 1. The van der Waals surface area contributed by atoms with Crippen LogP contribution in [-0.4, -0.2) is 41.6 Å². The first kappa shape index (κ1) is 13.6. The van der Waals surface area contributed by atoms with E-state index < -0.39 is 10.0 Å². The highest BCUT2D eigenvalue weighted by atomic mass is 32.2. The molecule has 0 aromatic carbocycles. The molecule has 0 saturated heterocycles. The summed E-state index contributed by atoms with van der Waals surface area (Å²) in [5.41, 5.74) is 0. The van der Waals surface area contributed by atoms with Crippen LogP contribution in [0.4, 0.5) is 0 Å². The molecule has 9 heteroatoms. The predicted octanol–water partition coefficient (Wildman–Crippen LogP) is -1.54. The van der Waals surface area contributed by atoms with Gasteiger partial charge in [-0.05, 0) is 6.42 Å². The monoisotopic (exact) mass is 261 g/mol. The summed E-state index contributed by atoms with van der Waals surface area (Å²) in [4.78, 5) is 11.3. The van der Waals surface area contributed by atoms with Gasteiger partial charge < -0.3 is 5.32 Å². The third-order valence-corrected chi connectivity index (χ3v) is 2.83. The van der Waals surface area contributed by atoms with Crippen LogP contribution < -0.4 is 10.5 Å². The Labute approximate surface area is 99.2 Å². The lowest BCUT2D eigenvalue weighted by atomic mass is 10.4. The van der Waals surface area contributed by atoms with Crippen LogP contribution in [0.25, 0.3) is 0 Å². The number of aromatic nitrogens is 3. The van der Waals surface area contributed by atoms with E-state index >= 15 is 0 Å². The molecule has 0 fully saturated rings. The molecular formula is C8H15N5O3S. The summed E-state index contributed by atoms with van der Waals surface area (Å²) in [6.45, 7) is 0.744. The SMILES string of the molecule is NS(=O)(=O)CCCNC(=O)CCn1ccnn1. The zero-order valence-electron chi connectivity index (χ0n) is 9.24. The standard InChI is InChI=1S/C8H15N5O3S/c9-17(15,16)7-1-3-10-8(14)2-5-13-6-4-11-12-13/h4,6H,1-3,5,7H2,(H,10,14)(H2,9,15,16). The summed E-state index contributed by atoms with van der Waals surface area (Å²) in [6.07, 6.45) is 3.78. The lowest BCUT2D eigenvalue weighted by molar-refractivity contribution is -0.121. The van der Waals surface area contributed by atoms with Crippen LogP contribution in [0.15, 0.2) is 12.4 Å². The van der Waals surface area contributed by atoms with Gasteiger partial charge in [0, 0.05) is 19.2 Å². The molecule has 1 aromatic heterocycles. The topological polar surface area (TPSA) is 120 Å². The molecule has 1 rings (SSSR count). The molecule has 0 aliphatic rings. The Morgan fingerprint density at radius 1 is 1.47 bits per heavy atom. The number of carbonyl (C=O) groups excluding carboxylic acids is 1. The maximum Gasteiger partial charge on any atom is 0.221 e. The van der Waals surface area contributed by atoms with Crippen LogP contribution in [0.1, 0.15) is 12.8 Å². The van der Waals surface area contributed by atoms with Gasteiger partial charge in [-0.2, -0.15) is 0 Å². The van der Waals surface area contributed by atoms with E-state index in [0.717, 1.165) is 0 Å². The minimum Gasteiger partial charge on any atom is -0.356 e. The van der Waals surface area contributed by atoms with Crippen LogP contribution in [0, 0.1) is 0 Å². The summed E-state index contributed by atoms with van der Waals surface area (Å²) in [7, 11) is -3.44. The van der Waals surface area contributed by atoms with Gasteiger partial charge in [0.2, 0.25) is 15.9 Å². The van der Waals surface area contributed by atoms with Crippen LogP contribution in [0.5, 0.6) is 0 Å². The van der Waals surface area contributed by atoms with Crippen molar-refractivity contribution in [1.29, 1.82) is 0 Å². The Morgan fingerprint density at radius 3 is 2.82 bits per heavy atom. The molecule has 1 amide bonds. The van der Waals surface area contributed by atoms with Gasteiger partial charge in [0.1, 0.15) is 0 Å². The van der Waals surface area contributed by atoms with Gasteiger partial charge in [0.25, 0.3) is 0 Å². The van der Waals surface area contributed by atoms with Gasteiger partial charge in [-0.1, -0.05) is 5.21 Å². The van der Waals surface area contributed by atoms with Crippen molar-refractivity contribution in [3.05, 3.63) is 12.4 Å². The molecule has 96 valence electrons.